The molecule has 2 amide bonds. The largest absolute Gasteiger partial charge is 0.366 e. The van der Waals surface area contributed by atoms with Crippen LogP contribution in [0.15, 0.2) is 54.7 Å². The lowest BCUT2D eigenvalue weighted by Gasteiger charge is -2.21. The van der Waals surface area contributed by atoms with Gasteiger partial charge in [0.05, 0.1) is 5.69 Å². The monoisotopic (exact) mass is 431 g/mol. The van der Waals surface area contributed by atoms with Gasteiger partial charge < -0.3 is 16.0 Å². The Kier molecular flexibility index (Phi) is 7.54. The lowest BCUT2D eigenvalue weighted by atomic mass is 9.99. The molecule has 0 aliphatic heterocycles. The minimum atomic E-state index is -0.470. The molecule has 0 aliphatic carbocycles. The van der Waals surface area contributed by atoms with Crippen molar-refractivity contribution in [2.24, 2.45) is 5.73 Å². The predicted molar refractivity (Wildman–Crippen MR) is 127 cm³/mol. The molecule has 3 rings (SSSR count). The van der Waals surface area contributed by atoms with Crippen LogP contribution in [-0.2, 0) is 0 Å². The van der Waals surface area contributed by atoms with E-state index in [1.165, 1.54) is 0 Å². The summed E-state index contributed by atoms with van der Waals surface area (Å²) in [5, 5.41) is 3.18. The van der Waals surface area contributed by atoms with Gasteiger partial charge in [0.15, 0.2) is 0 Å². The van der Waals surface area contributed by atoms with E-state index in [4.69, 9.17) is 5.73 Å². The van der Waals surface area contributed by atoms with Crippen molar-refractivity contribution in [3.63, 3.8) is 0 Å². The van der Waals surface area contributed by atoms with Crippen LogP contribution in [0.5, 0.6) is 0 Å². The van der Waals surface area contributed by atoms with Crippen LogP contribution in [0.2, 0.25) is 0 Å². The van der Waals surface area contributed by atoms with Gasteiger partial charge in [0.2, 0.25) is 11.9 Å². The average molecular weight is 432 g/mol. The maximum Gasteiger partial charge on any atom is 0.253 e. The van der Waals surface area contributed by atoms with E-state index in [1.807, 2.05) is 42.2 Å². The van der Waals surface area contributed by atoms with Crippen molar-refractivity contribution >= 4 is 23.5 Å². The lowest BCUT2D eigenvalue weighted by Crippen LogP contribution is -2.32. The number of anilines is 2. The van der Waals surface area contributed by atoms with Crippen LogP contribution in [0, 0.1) is 6.92 Å². The number of carbonyl (C=O) groups is 2. The first-order valence-electron chi connectivity index (χ1n) is 10.8. The first-order chi connectivity index (χ1) is 15.4. The maximum absolute atomic E-state index is 12.8. The van der Waals surface area contributed by atoms with Crippen LogP contribution in [0.25, 0.3) is 11.3 Å². The summed E-state index contributed by atoms with van der Waals surface area (Å²) in [5.41, 5.74) is 9.65. The highest BCUT2D eigenvalue weighted by Gasteiger charge is 2.15. The number of primary amides is 1. The highest BCUT2D eigenvalue weighted by Crippen LogP contribution is 2.25. The Bertz CT molecular complexity index is 1090. The highest BCUT2D eigenvalue weighted by atomic mass is 16.2. The molecule has 0 bridgehead atoms. The zero-order valence-corrected chi connectivity index (χ0v) is 18.8. The van der Waals surface area contributed by atoms with E-state index in [2.05, 4.69) is 29.1 Å². The molecule has 0 atom stereocenters. The molecular formula is C25H29N5O2. The number of carbonyl (C=O) groups excluding carboxylic acids is 2. The summed E-state index contributed by atoms with van der Waals surface area (Å²) in [6.07, 6.45) is 3.52. The van der Waals surface area contributed by atoms with Gasteiger partial charge in [-0.2, -0.15) is 0 Å². The minimum Gasteiger partial charge on any atom is -0.366 e. The predicted octanol–water partition coefficient (Wildman–Crippen LogP) is 4.56. The van der Waals surface area contributed by atoms with Crippen LogP contribution >= 0.6 is 0 Å². The van der Waals surface area contributed by atoms with Crippen LogP contribution in [0.4, 0.5) is 11.6 Å². The summed E-state index contributed by atoms with van der Waals surface area (Å²) in [5.74, 6) is -0.00446. The highest BCUT2D eigenvalue weighted by molar-refractivity contribution is 5.96. The first-order valence-corrected chi connectivity index (χ1v) is 10.8. The molecule has 0 fully saturated rings. The Morgan fingerprint density at radius 3 is 2.31 bits per heavy atom. The second-order valence-electron chi connectivity index (χ2n) is 7.60. The molecule has 3 N–H and O–H groups in total. The van der Waals surface area contributed by atoms with Crippen LogP contribution < -0.4 is 11.1 Å². The molecule has 0 radical (unpaired) electrons. The van der Waals surface area contributed by atoms with Crippen molar-refractivity contribution in [2.45, 2.75) is 33.6 Å². The SMILES string of the molecule is CCCN(CCC)C(=O)c1ccc(Nc2nccc(-c3cccc(C(N)=O)c3C)n2)cc1. The van der Waals surface area contributed by atoms with Crippen molar-refractivity contribution in [3.05, 3.63) is 71.4 Å². The molecule has 0 saturated heterocycles. The number of nitrogens with two attached hydrogens (primary N) is 1. The standard InChI is InChI=1S/C25H29N5O2/c1-4-15-30(16-5-2)24(32)18-9-11-19(12-10-18)28-25-27-14-13-22(29-25)20-7-6-8-21(17(20)3)23(26)31/h6-14H,4-5,15-16H2,1-3H3,(H2,26,31)(H,27,28,29). The maximum atomic E-state index is 12.8. The number of nitrogens with one attached hydrogen (secondary N) is 1. The van der Waals surface area contributed by atoms with E-state index in [1.54, 1.807) is 24.4 Å². The summed E-state index contributed by atoms with van der Waals surface area (Å²) in [7, 11) is 0. The zero-order valence-electron chi connectivity index (χ0n) is 18.8. The van der Waals surface area contributed by atoms with E-state index in [-0.39, 0.29) is 5.91 Å². The molecule has 1 heterocycles. The smallest absolute Gasteiger partial charge is 0.253 e. The van der Waals surface area contributed by atoms with Crippen molar-refractivity contribution in [1.29, 1.82) is 0 Å². The van der Waals surface area contributed by atoms with Gasteiger partial charge >= 0.3 is 0 Å². The van der Waals surface area contributed by atoms with E-state index < -0.39 is 5.91 Å². The van der Waals surface area contributed by atoms with Gasteiger partial charge in [-0.15, -0.1) is 0 Å². The minimum absolute atomic E-state index is 0.0447. The Balaban J connectivity index is 1.79. The number of nitrogens with zero attached hydrogens (tertiary/aromatic N) is 3. The second-order valence-corrected chi connectivity index (χ2v) is 7.60. The molecule has 2 aromatic carbocycles. The quantitative estimate of drug-likeness (QED) is 0.517. The first kappa shape index (κ1) is 22.9. The van der Waals surface area contributed by atoms with Crippen molar-refractivity contribution in [1.82, 2.24) is 14.9 Å². The Morgan fingerprint density at radius 1 is 1.00 bits per heavy atom. The molecule has 1 aromatic heterocycles. The molecule has 7 nitrogen and oxygen atoms in total. The normalized spacial score (nSPS) is 10.6. The Labute approximate surface area is 188 Å². The van der Waals surface area contributed by atoms with Crippen LogP contribution in [0.3, 0.4) is 0 Å². The summed E-state index contributed by atoms with van der Waals surface area (Å²) in [6, 6.07) is 14.5. The fourth-order valence-corrected chi connectivity index (χ4v) is 3.61. The lowest BCUT2D eigenvalue weighted by molar-refractivity contribution is 0.0755. The van der Waals surface area contributed by atoms with Gasteiger partial charge in [0.1, 0.15) is 0 Å². The summed E-state index contributed by atoms with van der Waals surface area (Å²) < 4.78 is 0. The number of amides is 2. The third kappa shape index (κ3) is 5.29. The fourth-order valence-electron chi connectivity index (χ4n) is 3.61. The van der Waals surface area contributed by atoms with Gasteiger partial charge in [-0.3, -0.25) is 9.59 Å². The fraction of sp³-hybridized carbons (Fsp3) is 0.280. The second kappa shape index (κ2) is 10.5. The van der Waals surface area contributed by atoms with Crippen molar-refractivity contribution in [3.8, 4) is 11.3 Å². The van der Waals surface area contributed by atoms with Crippen LogP contribution in [-0.4, -0.2) is 39.8 Å². The van der Waals surface area contributed by atoms with Gasteiger partial charge in [0.25, 0.3) is 5.91 Å². The van der Waals surface area contributed by atoms with Gasteiger partial charge in [-0.25, -0.2) is 9.97 Å². The van der Waals surface area contributed by atoms with E-state index >= 15 is 0 Å². The molecule has 166 valence electrons. The van der Waals surface area contributed by atoms with E-state index in [0.717, 1.165) is 42.7 Å². The van der Waals surface area contributed by atoms with Gasteiger partial charge in [-0.1, -0.05) is 26.0 Å². The molecule has 0 aliphatic rings. The number of hydrogen-bond donors (Lipinski definition) is 2. The summed E-state index contributed by atoms with van der Waals surface area (Å²) in [4.78, 5) is 35.2. The molecule has 0 saturated carbocycles. The van der Waals surface area contributed by atoms with Crippen molar-refractivity contribution < 1.29 is 9.59 Å². The topological polar surface area (TPSA) is 101 Å². The molecule has 0 spiro atoms. The van der Waals surface area contributed by atoms with Crippen molar-refractivity contribution in [2.75, 3.05) is 18.4 Å². The number of rotatable bonds is 9. The molecule has 3 aromatic rings. The molecule has 32 heavy (non-hydrogen) atoms. The summed E-state index contributed by atoms with van der Waals surface area (Å²) in [6.45, 7) is 7.50. The number of hydrogen-bond acceptors (Lipinski definition) is 5. The third-order valence-corrected chi connectivity index (χ3v) is 5.19. The van der Waals surface area contributed by atoms with Crippen LogP contribution in [0.1, 0.15) is 53.0 Å². The molecule has 7 heteroatoms. The number of benzene rings is 2. The number of aromatic nitrogens is 2. The summed E-state index contributed by atoms with van der Waals surface area (Å²) >= 11 is 0. The zero-order chi connectivity index (χ0) is 23.1. The Morgan fingerprint density at radius 2 is 1.69 bits per heavy atom. The van der Waals surface area contributed by atoms with Gasteiger partial charge in [-0.05, 0) is 61.7 Å². The average Bonchev–Trinajstić information content (AvgIpc) is 2.79. The Hall–Kier alpha value is -3.74. The molecule has 0 unspecified atom stereocenters. The molecular weight excluding hydrogens is 402 g/mol. The van der Waals surface area contributed by atoms with E-state index in [9.17, 15) is 9.59 Å². The third-order valence-electron chi connectivity index (χ3n) is 5.19. The van der Waals surface area contributed by atoms with E-state index in [0.29, 0.717) is 22.8 Å². The van der Waals surface area contributed by atoms with Gasteiger partial charge in [0, 0.05) is 41.7 Å².